The first-order valence-electron chi connectivity index (χ1n) is 10.5. The third-order valence-corrected chi connectivity index (χ3v) is 7.30. The Morgan fingerprint density at radius 1 is 1.30 bits per heavy atom. The van der Waals surface area contributed by atoms with Crippen LogP contribution in [0.5, 0.6) is 5.75 Å². The molecule has 33 heavy (non-hydrogen) atoms. The lowest BCUT2D eigenvalue weighted by molar-refractivity contribution is -0.131. The molecule has 0 fully saturated rings. The molecule has 170 valence electrons. The number of amides is 1. The number of carbonyl (C=O) groups excluding carboxylic acids is 1. The fourth-order valence-corrected chi connectivity index (χ4v) is 6.08. The molecule has 1 aliphatic rings. The highest BCUT2D eigenvalue weighted by Crippen LogP contribution is 2.47. The molecule has 4 heterocycles. The molecular weight excluding hydrogens is 441 g/mol. The Kier molecular flexibility index (Phi) is 4.72. The summed E-state index contributed by atoms with van der Waals surface area (Å²) < 4.78 is 22.6. The molecule has 0 spiro atoms. The largest absolute Gasteiger partial charge is 0.495 e. The van der Waals surface area contributed by atoms with Gasteiger partial charge in [0.05, 0.1) is 29.3 Å². The molecule has 0 bridgehead atoms. The number of thiophene rings is 1. The van der Waals surface area contributed by atoms with E-state index in [4.69, 9.17) is 10.5 Å². The van der Waals surface area contributed by atoms with E-state index in [1.165, 1.54) is 11.2 Å². The van der Waals surface area contributed by atoms with Crippen molar-refractivity contribution in [3.63, 3.8) is 0 Å². The number of hydrogen-bond acceptors (Lipinski definition) is 6. The standard InChI is InChI=1S/C24H24FN5O2S/c1-12-6-14-8-17(33-20(14)16(7-12)32-5)18-15-9-29(23(31)13(2)25)10-24(3,4)30(15)22-19(18)21(26)27-11-28-22/h6-8,11H,2,9-10H2,1,3-5H3,(H2,26,27,28). The maximum atomic E-state index is 13.8. The lowest BCUT2D eigenvalue weighted by Crippen LogP contribution is -2.49. The molecular formula is C24H24FN5O2S. The quantitative estimate of drug-likeness (QED) is 0.441. The molecule has 1 amide bonds. The zero-order valence-electron chi connectivity index (χ0n) is 18.9. The molecule has 1 aliphatic heterocycles. The van der Waals surface area contributed by atoms with Crippen LogP contribution in [0.3, 0.4) is 0 Å². The first-order chi connectivity index (χ1) is 15.6. The van der Waals surface area contributed by atoms with Crippen LogP contribution in [0.15, 0.2) is 36.9 Å². The molecule has 3 aromatic heterocycles. The number of nitrogens with zero attached hydrogens (tertiary/aromatic N) is 4. The second-order valence-corrected chi connectivity index (χ2v) is 10.0. The highest BCUT2D eigenvalue weighted by molar-refractivity contribution is 7.22. The summed E-state index contributed by atoms with van der Waals surface area (Å²) >= 11 is 1.58. The van der Waals surface area contributed by atoms with Crippen molar-refractivity contribution in [3.8, 4) is 16.2 Å². The Morgan fingerprint density at radius 3 is 2.76 bits per heavy atom. The number of fused-ring (bicyclic) bond motifs is 4. The van der Waals surface area contributed by atoms with E-state index >= 15 is 0 Å². The number of halogens is 1. The number of anilines is 1. The monoisotopic (exact) mass is 465 g/mol. The topological polar surface area (TPSA) is 86.3 Å². The summed E-state index contributed by atoms with van der Waals surface area (Å²) in [4.78, 5) is 23.8. The van der Waals surface area contributed by atoms with Crippen LogP contribution in [0.1, 0.15) is 25.1 Å². The SMILES string of the molecule is C=C(F)C(=O)N1Cc2c(-c3cc4cc(C)cc(OC)c4s3)c3c(N)ncnc3n2C(C)(C)C1. The number of methoxy groups -OCH3 is 1. The molecule has 0 saturated heterocycles. The van der Waals surface area contributed by atoms with E-state index in [0.717, 1.165) is 42.9 Å². The minimum absolute atomic E-state index is 0.209. The smallest absolute Gasteiger partial charge is 0.282 e. The molecule has 4 aromatic rings. The van der Waals surface area contributed by atoms with Crippen molar-refractivity contribution < 1.29 is 13.9 Å². The van der Waals surface area contributed by atoms with E-state index in [0.29, 0.717) is 18.0 Å². The van der Waals surface area contributed by atoms with Gasteiger partial charge in [0.25, 0.3) is 5.91 Å². The Balaban J connectivity index is 1.84. The van der Waals surface area contributed by atoms with Crippen molar-refractivity contribution in [2.75, 3.05) is 19.4 Å². The van der Waals surface area contributed by atoms with Gasteiger partial charge in [0, 0.05) is 22.7 Å². The maximum Gasteiger partial charge on any atom is 0.282 e. The highest BCUT2D eigenvalue weighted by atomic mass is 32.1. The number of hydrogen-bond donors (Lipinski definition) is 1. The summed E-state index contributed by atoms with van der Waals surface area (Å²) in [7, 11) is 1.66. The summed E-state index contributed by atoms with van der Waals surface area (Å²) in [6, 6.07) is 6.21. The van der Waals surface area contributed by atoms with E-state index in [1.807, 2.05) is 26.8 Å². The van der Waals surface area contributed by atoms with Crippen LogP contribution < -0.4 is 10.5 Å². The van der Waals surface area contributed by atoms with Gasteiger partial charge in [-0.1, -0.05) is 12.6 Å². The molecule has 0 aliphatic carbocycles. The minimum atomic E-state index is -0.974. The van der Waals surface area contributed by atoms with Crippen LogP contribution in [-0.4, -0.2) is 39.0 Å². The molecule has 7 nitrogen and oxygen atoms in total. The van der Waals surface area contributed by atoms with Crippen LogP contribution in [0.4, 0.5) is 10.2 Å². The number of nitrogen functional groups attached to an aromatic ring is 1. The number of nitrogens with two attached hydrogens (primary N) is 1. The summed E-state index contributed by atoms with van der Waals surface area (Å²) in [6.45, 7) is 9.75. The molecule has 5 rings (SSSR count). The van der Waals surface area contributed by atoms with E-state index in [2.05, 4.69) is 33.2 Å². The van der Waals surface area contributed by atoms with Crippen molar-refractivity contribution in [3.05, 3.63) is 48.2 Å². The second-order valence-electron chi connectivity index (χ2n) is 8.99. The van der Waals surface area contributed by atoms with Crippen LogP contribution in [0, 0.1) is 6.92 Å². The second kappa shape index (κ2) is 7.28. The predicted molar refractivity (Wildman–Crippen MR) is 129 cm³/mol. The zero-order chi connectivity index (χ0) is 23.7. The van der Waals surface area contributed by atoms with Crippen molar-refractivity contribution >= 4 is 44.2 Å². The Morgan fingerprint density at radius 2 is 2.06 bits per heavy atom. The third kappa shape index (κ3) is 3.18. The van der Waals surface area contributed by atoms with Gasteiger partial charge in [0.15, 0.2) is 5.83 Å². The normalized spacial score (nSPS) is 15.1. The van der Waals surface area contributed by atoms with Crippen LogP contribution >= 0.6 is 11.3 Å². The number of rotatable bonds is 3. The summed E-state index contributed by atoms with van der Waals surface area (Å²) in [5, 5.41) is 1.78. The van der Waals surface area contributed by atoms with E-state index < -0.39 is 17.3 Å². The Labute approximate surface area is 194 Å². The molecule has 9 heteroatoms. The van der Waals surface area contributed by atoms with Gasteiger partial charge < -0.3 is 19.9 Å². The summed E-state index contributed by atoms with van der Waals surface area (Å²) in [5.41, 5.74) is 9.31. The van der Waals surface area contributed by atoms with Gasteiger partial charge in [-0.3, -0.25) is 4.79 Å². The first kappa shape index (κ1) is 21.4. The Hall–Kier alpha value is -3.46. The van der Waals surface area contributed by atoms with Crippen molar-refractivity contribution in [2.45, 2.75) is 32.9 Å². The van der Waals surface area contributed by atoms with E-state index in [1.54, 1.807) is 18.4 Å². The third-order valence-electron chi connectivity index (χ3n) is 6.11. The predicted octanol–water partition coefficient (Wildman–Crippen LogP) is 4.77. The molecule has 0 radical (unpaired) electrons. The van der Waals surface area contributed by atoms with E-state index in [9.17, 15) is 9.18 Å². The lowest BCUT2D eigenvalue weighted by atomic mass is 9.99. The summed E-state index contributed by atoms with van der Waals surface area (Å²) in [6.07, 6.45) is 1.45. The van der Waals surface area contributed by atoms with Crippen molar-refractivity contribution in [2.24, 2.45) is 0 Å². The van der Waals surface area contributed by atoms with Gasteiger partial charge in [0.2, 0.25) is 0 Å². The Bertz CT molecular complexity index is 1470. The molecule has 0 unspecified atom stereocenters. The number of aromatic nitrogens is 3. The average molecular weight is 466 g/mol. The van der Waals surface area contributed by atoms with Crippen molar-refractivity contribution in [1.82, 2.24) is 19.4 Å². The average Bonchev–Trinajstić information content (AvgIpc) is 3.31. The lowest BCUT2D eigenvalue weighted by Gasteiger charge is -2.40. The minimum Gasteiger partial charge on any atom is -0.495 e. The van der Waals surface area contributed by atoms with E-state index in [-0.39, 0.29) is 6.54 Å². The van der Waals surface area contributed by atoms with Gasteiger partial charge in [-0.2, -0.15) is 0 Å². The molecule has 0 atom stereocenters. The highest BCUT2D eigenvalue weighted by Gasteiger charge is 2.39. The number of carbonyl (C=O) groups is 1. The van der Waals surface area contributed by atoms with Gasteiger partial charge in [0.1, 0.15) is 23.5 Å². The fourth-order valence-electron chi connectivity index (χ4n) is 4.88. The molecule has 2 N–H and O–H groups in total. The zero-order valence-corrected chi connectivity index (χ0v) is 19.7. The van der Waals surface area contributed by atoms with Crippen molar-refractivity contribution in [1.29, 1.82) is 0 Å². The maximum absolute atomic E-state index is 13.8. The van der Waals surface area contributed by atoms with Crippen LogP contribution in [0.2, 0.25) is 0 Å². The van der Waals surface area contributed by atoms with Gasteiger partial charge >= 0.3 is 0 Å². The van der Waals surface area contributed by atoms with Crippen LogP contribution in [0.25, 0.3) is 31.6 Å². The summed E-state index contributed by atoms with van der Waals surface area (Å²) in [5.74, 6) is -0.522. The fraction of sp³-hybridized carbons (Fsp3) is 0.292. The number of aryl methyl sites for hydroxylation is 1. The van der Waals surface area contributed by atoms with Crippen LogP contribution in [-0.2, 0) is 16.9 Å². The first-order valence-corrected chi connectivity index (χ1v) is 11.3. The molecule has 0 saturated carbocycles. The van der Waals surface area contributed by atoms with Gasteiger partial charge in [-0.15, -0.1) is 11.3 Å². The molecule has 1 aromatic carbocycles. The van der Waals surface area contributed by atoms with Gasteiger partial charge in [-0.25, -0.2) is 14.4 Å². The van der Waals surface area contributed by atoms with Gasteiger partial charge in [-0.05, 0) is 43.9 Å². The number of ether oxygens (including phenoxy) is 1. The number of benzene rings is 1.